The van der Waals surface area contributed by atoms with Crippen LogP contribution in [0.2, 0.25) is 0 Å². The topological polar surface area (TPSA) is 36.4 Å². The maximum Gasteiger partial charge on any atom is 0.222 e. The third-order valence-electron chi connectivity index (χ3n) is 5.15. The summed E-state index contributed by atoms with van der Waals surface area (Å²) in [5, 5.41) is 0. The Morgan fingerprint density at radius 3 is 2.57 bits per heavy atom. The minimum atomic E-state index is -0.337. The van der Waals surface area contributed by atoms with Gasteiger partial charge < -0.3 is 4.90 Å². The largest absolute Gasteiger partial charge is 0.340 e. The Morgan fingerprint density at radius 2 is 1.87 bits per heavy atom. The summed E-state index contributed by atoms with van der Waals surface area (Å²) in [6.07, 6.45) is 10.6. The first kappa shape index (κ1) is 16.4. The molecule has 2 fully saturated rings. The molecule has 1 aliphatic carbocycles. The molecule has 0 aromatic carbocycles. The molecule has 23 heavy (non-hydrogen) atoms. The Balaban J connectivity index is 1.43. The SMILES string of the molecule is O=C(CCc1cncc(F)c1)N1CCN(C2CCCCC2)CC1. The summed E-state index contributed by atoms with van der Waals surface area (Å²) in [6, 6.07) is 2.20. The van der Waals surface area contributed by atoms with Gasteiger partial charge in [-0.05, 0) is 30.9 Å². The third-order valence-corrected chi connectivity index (χ3v) is 5.15. The molecule has 0 radical (unpaired) electrons. The van der Waals surface area contributed by atoms with Crippen LogP contribution in [0.25, 0.3) is 0 Å². The number of rotatable bonds is 4. The van der Waals surface area contributed by atoms with Crippen LogP contribution in [-0.4, -0.2) is 52.9 Å². The summed E-state index contributed by atoms with van der Waals surface area (Å²) >= 11 is 0. The summed E-state index contributed by atoms with van der Waals surface area (Å²) in [4.78, 5) is 20.7. The van der Waals surface area contributed by atoms with Crippen molar-refractivity contribution in [2.75, 3.05) is 26.2 Å². The first-order valence-electron chi connectivity index (χ1n) is 8.83. The van der Waals surface area contributed by atoms with Crippen molar-refractivity contribution in [1.82, 2.24) is 14.8 Å². The van der Waals surface area contributed by atoms with E-state index in [0.29, 0.717) is 12.8 Å². The van der Waals surface area contributed by atoms with E-state index in [-0.39, 0.29) is 11.7 Å². The molecule has 2 heterocycles. The number of hydrogen-bond donors (Lipinski definition) is 0. The van der Waals surface area contributed by atoms with Crippen LogP contribution in [0.15, 0.2) is 18.5 Å². The molecule has 1 aromatic heterocycles. The third kappa shape index (κ3) is 4.50. The van der Waals surface area contributed by atoms with Gasteiger partial charge in [-0.3, -0.25) is 14.7 Å². The predicted octanol–water partition coefficient (Wildman–Crippen LogP) is 2.63. The number of carbonyl (C=O) groups is 1. The van der Waals surface area contributed by atoms with Crippen LogP contribution in [0.4, 0.5) is 4.39 Å². The molecule has 1 saturated heterocycles. The van der Waals surface area contributed by atoms with E-state index in [9.17, 15) is 9.18 Å². The number of aromatic nitrogens is 1. The van der Waals surface area contributed by atoms with Crippen LogP contribution in [0.3, 0.4) is 0 Å². The predicted molar refractivity (Wildman–Crippen MR) is 87.5 cm³/mol. The second kappa shape index (κ2) is 7.86. The standard InChI is InChI=1S/C18H26FN3O/c19-16-12-15(13-20-14-16)6-7-18(23)22-10-8-21(9-11-22)17-4-2-1-3-5-17/h12-14,17H,1-11H2. The molecule has 4 nitrogen and oxygen atoms in total. The quantitative estimate of drug-likeness (QED) is 0.856. The number of amides is 1. The smallest absolute Gasteiger partial charge is 0.222 e. The Kier molecular flexibility index (Phi) is 5.60. The highest BCUT2D eigenvalue weighted by atomic mass is 19.1. The summed E-state index contributed by atoms with van der Waals surface area (Å²) in [5.41, 5.74) is 0.791. The highest BCUT2D eigenvalue weighted by Crippen LogP contribution is 2.23. The van der Waals surface area contributed by atoms with Crippen molar-refractivity contribution in [2.24, 2.45) is 0 Å². The summed E-state index contributed by atoms with van der Waals surface area (Å²) in [5.74, 6) is -0.159. The Morgan fingerprint density at radius 1 is 1.13 bits per heavy atom. The van der Waals surface area contributed by atoms with Crippen molar-refractivity contribution >= 4 is 5.91 Å². The summed E-state index contributed by atoms with van der Waals surface area (Å²) in [7, 11) is 0. The van der Waals surface area contributed by atoms with E-state index >= 15 is 0 Å². The maximum atomic E-state index is 13.1. The fourth-order valence-electron chi connectivity index (χ4n) is 3.78. The van der Waals surface area contributed by atoms with Crippen LogP contribution in [0.5, 0.6) is 0 Å². The minimum Gasteiger partial charge on any atom is -0.340 e. The Labute approximate surface area is 137 Å². The average Bonchev–Trinajstić information content (AvgIpc) is 2.61. The average molecular weight is 319 g/mol. The molecule has 126 valence electrons. The molecule has 0 atom stereocenters. The molecule has 1 aromatic rings. The number of carbonyl (C=O) groups excluding carboxylic acids is 1. The zero-order valence-electron chi connectivity index (χ0n) is 13.7. The van der Waals surface area contributed by atoms with Crippen molar-refractivity contribution in [1.29, 1.82) is 0 Å². The van der Waals surface area contributed by atoms with E-state index in [0.717, 1.165) is 37.8 Å². The lowest BCUT2D eigenvalue weighted by Gasteiger charge is -2.40. The number of nitrogens with zero attached hydrogens (tertiary/aromatic N) is 3. The van der Waals surface area contributed by atoms with E-state index in [1.807, 2.05) is 4.90 Å². The van der Waals surface area contributed by atoms with Crippen molar-refractivity contribution in [2.45, 2.75) is 51.0 Å². The van der Waals surface area contributed by atoms with E-state index in [4.69, 9.17) is 0 Å². The van der Waals surface area contributed by atoms with Crippen LogP contribution in [0.1, 0.15) is 44.1 Å². The highest BCUT2D eigenvalue weighted by molar-refractivity contribution is 5.76. The van der Waals surface area contributed by atoms with Gasteiger partial charge >= 0.3 is 0 Å². The fourth-order valence-corrected chi connectivity index (χ4v) is 3.78. The molecule has 1 saturated carbocycles. The summed E-state index contributed by atoms with van der Waals surface area (Å²) in [6.45, 7) is 3.66. The molecule has 1 amide bonds. The maximum absolute atomic E-state index is 13.1. The molecule has 0 unspecified atom stereocenters. The highest BCUT2D eigenvalue weighted by Gasteiger charge is 2.26. The molecule has 0 spiro atoms. The Hall–Kier alpha value is -1.49. The van der Waals surface area contributed by atoms with Crippen LogP contribution in [-0.2, 0) is 11.2 Å². The van der Waals surface area contributed by atoms with Gasteiger partial charge in [-0.15, -0.1) is 0 Å². The fraction of sp³-hybridized carbons (Fsp3) is 0.667. The summed E-state index contributed by atoms with van der Waals surface area (Å²) < 4.78 is 13.1. The number of piperazine rings is 1. The van der Waals surface area contributed by atoms with Gasteiger partial charge in [0, 0.05) is 44.8 Å². The van der Waals surface area contributed by atoms with Gasteiger partial charge in [-0.1, -0.05) is 19.3 Å². The lowest BCUT2D eigenvalue weighted by Crippen LogP contribution is -2.52. The monoisotopic (exact) mass is 319 g/mol. The van der Waals surface area contributed by atoms with Gasteiger partial charge in [0.05, 0.1) is 6.20 Å². The zero-order chi connectivity index (χ0) is 16.1. The van der Waals surface area contributed by atoms with Crippen molar-refractivity contribution < 1.29 is 9.18 Å². The van der Waals surface area contributed by atoms with Gasteiger partial charge in [0.2, 0.25) is 5.91 Å². The van der Waals surface area contributed by atoms with Crippen molar-refractivity contribution in [3.63, 3.8) is 0 Å². The van der Waals surface area contributed by atoms with Gasteiger partial charge in [0.25, 0.3) is 0 Å². The van der Waals surface area contributed by atoms with Crippen molar-refractivity contribution in [3.05, 3.63) is 29.8 Å². The second-order valence-corrected chi connectivity index (χ2v) is 6.72. The lowest BCUT2D eigenvalue weighted by molar-refractivity contribution is -0.133. The first-order chi connectivity index (χ1) is 11.2. The lowest BCUT2D eigenvalue weighted by atomic mass is 9.94. The van der Waals surface area contributed by atoms with Gasteiger partial charge in [-0.25, -0.2) is 4.39 Å². The van der Waals surface area contributed by atoms with Crippen molar-refractivity contribution in [3.8, 4) is 0 Å². The second-order valence-electron chi connectivity index (χ2n) is 6.72. The first-order valence-corrected chi connectivity index (χ1v) is 8.83. The van der Waals surface area contributed by atoms with E-state index in [1.165, 1.54) is 44.4 Å². The van der Waals surface area contributed by atoms with Crippen LogP contribution < -0.4 is 0 Å². The number of hydrogen-bond acceptors (Lipinski definition) is 3. The van der Waals surface area contributed by atoms with E-state index in [2.05, 4.69) is 9.88 Å². The van der Waals surface area contributed by atoms with Gasteiger partial charge in [-0.2, -0.15) is 0 Å². The molecule has 1 aliphatic heterocycles. The molecule has 2 aliphatic rings. The van der Waals surface area contributed by atoms with Gasteiger partial charge in [0.15, 0.2) is 0 Å². The van der Waals surface area contributed by atoms with Gasteiger partial charge in [0.1, 0.15) is 5.82 Å². The van der Waals surface area contributed by atoms with Crippen LogP contribution in [0, 0.1) is 5.82 Å². The number of halogens is 1. The van der Waals surface area contributed by atoms with Crippen LogP contribution >= 0.6 is 0 Å². The Bertz CT molecular complexity index is 523. The zero-order valence-corrected chi connectivity index (χ0v) is 13.7. The van der Waals surface area contributed by atoms with E-state index in [1.54, 1.807) is 6.20 Å². The molecule has 0 N–H and O–H groups in total. The van der Waals surface area contributed by atoms with E-state index < -0.39 is 0 Å². The normalized spacial score (nSPS) is 20.7. The molecular formula is C18H26FN3O. The molecule has 3 rings (SSSR count). The molecular weight excluding hydrogens is 293 g/mol. The molecule has 5 heteroatoms. The number of aryl methyl sites for hydroxylation is 1. The number of pyridine rings is 1. The molecule has 0 bridgehead atoms. The minimum absolute atomic E-state index is 0.178.